The summed E-state index contributed by atoms with van der Waals surface area (Å²) >= 11 is 7.52. The fourth-order valence-electron chi connectivity index (χ4n) is 1.42. The van der Waals surface area contributed by atoms with E-state index in [9.17, 15) is 0 Å². The number of nitrogens with zero attached hydrogens (tertiary/aromatic N) is 3. The summed E-state index contributed by atoms with van der Waals surface area (Å²) < 4.78 is 2.06. The van der Waals surface area contributed by atoms with Crippen molar-refractivity contribution in [3.05, 3.63) is 29.4 Å². The zero-order chi connectivity index (χ0) is 9.54. The highest BCUT2D eigenvalue weighted by molar-refractivity contribution is 7.26. The van der Waals surface area contributed by atoms with Crippen molar-refractivity contribution in [2.45, 2.75) is 0 Å². The van der Waals surface area contributed by atoms with Crippen molar-refractivity contribution in [2.24, 2.45) is 0 Å². The maximum absolute atomic E-state index is 5.93. The van der Waals surface area contributed by atoms with E-state index in [1.165, 1.54) is 0 Å². The summed E-state index contributed by atoms with van der Waals surface area (Å²) in [4.78, 5) is 0. The third kappa shape index (κ3) is 1.01. The van der Waals surface area contributed by atoms with E-state index in [2.05, 4.69) is 15.4 Å². The second-order valence-electron chi connectivity index (χ2n) is 2.86. The topological polar surface area (TPSA) is 38.7 Å². The first-order valence-corrected chi connectivity index (χ1v) is 5.22. The fraction of sp³-hybridized carbons (Fsp3) is 0. The van der Waals surface area contributed by atoms with Crippen molar-refractivity contribution < 1.29 is 0 Å². The Hall–Kier alpha value is -1.26. The zero-order valence-electron chi connectivity index (χ0n) is 6.94. The summed E-state index contributed by atoms with van der Waals surface area (Å²) in [5.74, 6) is 0. The Bertz CT molecular complexity index is 620. The maximum atomic E-state index is 5.93. The van der Waals surface area contributed by atoms with Crippen LogP contribution in [-0.2, 0) is 0 Å². The molecular formula is C9H4ClN3S. The van der Waals surface area contributed by atoms with Crippen LogP contribution in [0, 0.1) is 0 Å². The molecule has 0 atom stereocenters. The van der Waals surface area contributed by atoms with Gasteiger partial charge in [-0.25, -0.2) is 0 Å². The predicted octanol–water partition coefficient (Wildman–Crippen LogP) is 2.89. The van der Waals surface area contributed by atoms with Gasteiger partial charge in [-0.1, -0.05) is 29.8 Å². The van der Waals surface area contributed by atoms with Crippen LogP contribution in [0.4, 0.5) is 0 Å². The normalized spacial score (nSPS) is 11.2. The van der Waals surface area contributed by atoms with Crippen LogP contribution in [0.15, 0.2) is 24.3 Å². The minimum atomic E-state index is 0.427. The highest BCUT2D eigenvalue weighted by Gasteiger charge is 2.09. The Balaban J connectivity index is 2.63. The Kier molecular flexibility index (Phi) is 1.65. The highest BCUT2D eigenvalue weighted by Crippen LogP contribution is 2.34. The average Bonchev–Trinajstić information content (AvgIpc) is 2.59. The largest absolute Gasteiger partial charge is 0.172 e. The van der Waals surface area contributed by atoms with Crippen molar-refractivity contribution in [1.82, 2.24) is 15.4 Å². The van der Waals surface area contributed by atoms with E-state index in [1.807, 2.05) is 24.3 Å². The van der Waals surface area contributed by atoms with Crippen LogP contribution in [0.2, 0.25) is 5.15 Å². The summed E-state index contributed by atoms with van der Waals surface area (Å²) in [5.41, 5.74) is 0.839. The smallest absolute Gasteiger partial charge is 0.130 e. The van der Waals surface area contributed by atoms with Crippen LogP contribution in [-0.4, -0.2) is 15.4 Å². The molecule has 0 N–H and O–H groups in total. The average molecular weight is 222 g/mol. The lowest BCUT2D eigenvalue weighted by molar-refractivity contribution is 0.900. The van der Waals surface area contributed by atoms with Gasteiger partial charge in [0.2, 0.25) is 0 Å². The molecule has 0 amide bonds. The molecular weight excluding hydrogens is 218 g/mol. The SMILES string of the molecule is Clc1nnnc2c1sc1ccccc12. The molecule has 0 saturated carbocycles. The van der Waals surface area contributed by atoms with Crippen LogP contribution in [0.3, 0.4) is 0 Å². The number of halogens is 1. The first kappa shape index (κ1) is 8.08. The van der Waals surface area contributed by atoms with Crippen molar-refractivity contribution in [1.29, 1.82) is 0 Å². The molecule has 3 nitrogen and oxygen atoms in total. The molecule has 0 saturated heterocycles. The van der Waals surface area contributed by atoms with E-state index in [0.717, 1.165) is 20.3 Å². The standard InChI is InChI=1S/C9H4ClN3S/c10-9-8-7(11-13-12-9)5-3-1-2-4-6(5)14-8/h1-4H. The number of fused-ring (bicyclic) bond motifs is 3. The molecule has 0 aliphatic carbocycles. The van der Waals surface area contributed by atoms with Crippen molar-refractivity contribution >= 4 is 43.2 Å². The molecule has 2 heterocycles. The van der Waals surface area contributed by atoms with Gasteiger partial charge in [0.05, 0.1) is 4.70 Å². The number of rotatable bonds is 0. The van der Waals surface area contributed by atoms with Crippen LogP contribution in [0.1, 0.15) is 0 Å². The first-order valence-electron chi connectivity index (χ1n) is 4.02. The van der Waals surface area contributed by atoms with E-state index in [1.54, 1.807) is 11.3 Å². The number of hydrogen-bond acceptors (Lipinski definition) is 4. The molecule has 3 rings (SSSR count). The summed E-state index contributed by atoms with van der Waals surface area (Å²) in [6.07, 6.45) is 0. The van der Waals surface area contributed by atoms with Gasteiger partial charge in [0.1, 0.15) is 5.52 Å². The molecule has 68 valence electrons. The number of hydrogen-bond donors (Lipinski definition) is 0. The van der Waals surface area contributed by atoms with Gasteiger partial charge in [0.25, 0.3) is 0 Å². The minimum Gasteiger partial charge on any atom is -0.130 e. The van der Waals surface area contributed by atoms with Gasteiger partial charge in [-0.2, -0.15) is 0 Å². The summed E-state index contributed by atoms with van der Waals surface area (Å²) in [6.45, 7) is 0. The van der Waals surface area contributed by atoms with E-state index in [-0.39, 0.29) is 0 Å². The first-order chi connectivity index (χ1) is 6.86. The van der Waals surface area contributed by atoms with E-state index in [0.29, 0.717) is 5.15 Å². The molecule has 0 unspecified atom stereocenters. The molecule has 3 aromatic rings. The molecule has 2 aromatic heterocycles. The van der Waals surface area contributed by atoms with Crippen molar-refractivity contribution in [3.8, 4) is 0 Å². The third-order valence-electron chi connectivity index (χ3n) is 2.03. The van der Waals surface area contributed by atoms with Gasteiger partial charge in [-0.15, -0.1) is 21.5 Å². The summed E-state index contributed by atoms with van der Waals surface area (Å²) in [7, 11) is 0. The summed E-state index contributed by atoms with van der Waals surface area (Å²) in [6, 6.07) is 8.02. The molecule has 5 heteroatoms. The Labute approximate surface area is 88.3 Å². The fourth-order valence-corrected chi connectivity index (χ4v) is 2.68. The van der Waals surface area contributed by atoms with Gasteiger partial charge in [0.15, 0.2) is 5.15 Å². The lowest BCUT2D eigenvalue weighted by atomic mass is 10.2. The van der Waals surface area contributed by atoms with Gasteiger partial charge in [-0.3, -0.25) is 0 Å². The molecule has 0 aliphatic rings. The molecule has 0 bridgehead atoms. The van der Waals surface area contributed by atoms with Crippen LogP contribution >= 0.6 is 22.9 Å². The maximum Gasteiger partial charge on any atom is 0.172 e. The van der Waals surface area contributed by atoms with Crippen molar-refractivity contribution in [2.75, 3.05) is 0 Å². The molecule has 0 spiro atoms. The minimum absolute atomic E-state index is 0.427. The van der Waals surface area contributed by atoms with E-state index in [4.69, 9.17) is 11.6 Å². The number of thiophene rings is 1. The quantitative estimate of drug-likeness (QED) is 0.586. The second kappa shape index (κ2) is 2.87. The Morgan fingerprint density at radius 3 is 2.93 bits per heavy atom. The third-order valence-corrected chi connectivity index (χ3v) is 3.58. The Morgan fingerprint density at radius 2 is 2.00 bits per heavy atom. The molecule has 14 heavy (non-hydrogen) atoms. The van der Waals surface area contributed by atoms with Gasteiger partial charge < -0.3 is 0 Å². The lowest BCUT2D eigenvalue weighted by Crippen LogP contribution is -1.85. The molecule has 1 aromatic carbocycles. The summed E-state index contributed by atoms with van der Waals surface area (Å²) in [5, 5.41) is 12.8. The Morgan fingerprint density at radius 1 is 1.14 bits per heavy atom. The molecule has 0 radical (unpaired) electrons. The number of aromatic nitrogens is 3. The number of benzene rings is 1. The van der Waals surface area contributed by atoms with Crippen LogP contribution in [0.25, 0.3) is 20.3 Å². The van der Waals surface area contributed by atoms with Gasteiger partial charge in [-0.05, 0) is 11.3 Å². The van der Waals surface area contributed by atoms with E-state index < -0.39 is 0 Å². The molecule has 0 aliphatic heterocycles. The van der Waals surface area contributed by atoms with E-state index >= 15 is 0 Å². The van der Waals surface area contributed by atoms with Crippen molar-refractivity contribution in [3.63, 3.8) is 0 Å². The van der Waals surface area contributed by atoms with Crippen LogP contribution in [0.5, 0.6) is 0 Å². The molecule has 0 fully saturated rings. The highest BCUT2D eigenvalue weighted by atomic mass is 35.5. The lowest BCUT2D eigenvalue weighted by Gasteiger charge is -1.88. The van der Waals surface area contributed by atoms with Gasteiger partial charge >= 0.3 is 0 Å². The van der Waals surface area contributed by atoms with Gasteiger partial charge in [0, 0.05) is 10.1 Å². The monoisotopic (exact) mass is 221 g/mol. The predicted molar refractivity (Wildman–Crippen MR) is 57.7 cm³/mol. The van der Waals surface area contributed by atoms with Crippen LogP contribution < -0.4 is 0 Å². The second-order valence-corrected chi connectivity index (χ2v) is 4.27. The zero-order valence-corrected chi connectivity index (χ0v) is 8.51.